The van der Waals surface area contributed by atoms with Crippen LogP contribution in [0, 0.1) is 11.8 Å². The number of benzene rings is 5. The van der Waals surface area contributed by atoms with Gasteiger partial charge in [0.2, 0.25) is 0 Å². The Morgan fingerprint density at radius 3 is 2.13 bits per heavy atom. The van der Waals surface area contributed by atoms with Crippen molar-refractivity contribution in [1.82, 2.24) is 0 Å². The molecule has 47 heavy (non-hydrogen) atoms. The molecule has 236 valence electrons. The van der Waals surface area contributed by atoms with Gasteiger partial charge < -0.3 is 4.90 Å². The van der Waals surface area contributed by atoms with E-state index in [-0.39, 0.29) is 5.41 Å². The van der Waals surface area contributed by atoms with Gasteiger partial charge >= 0.3 is 0 Å². The molecule has 0 saturated heterocycles. The Kier molecular flexibility index (Phi) is 7.14. The van der Waals surface area contributed by atoms with Gasteiger partial charge in [-0.15, -0.1) is 0 Å². The summed E-state index contributed by atoms with van der Waals surface area (Å²) in [6.45, 7) is 4.83. The first-order valence-corrected chi connectivity index (χ1v) is 18.4. The van der Waals surface area contributed by atoms with Crippen molar-refractivity contribution in [2.45, 2.75) is 88.9 Å². The van der Waals surface area contributed by atoms with Gasteiger partial charge in [-0.05, 0) is 131 Å². The zero-order valence-corrected chi connectivity index (χ0v) is 28.1. The number of nitrogens with zero attached hydrogens (tertiary/aromatic N) is 1. The molecule has 5 aromatic rings. The van der Waals surface area contributed by atoms with Crippen LogP contribution in [0.4, 0.5) is 17.1 Å². The highest BCUT2D eigenvalue weighted by atomic mass is 15.1. The minimum Gasteiger partial charge on any atom is -0.310 e. The van der Waals surface area contributed by atoms with E-state index in [9.17, 15) is 0 Å². The Morgan fingerprint density at radius 1 is 0.596 bits per heavy atom. The van der Waals surface area contributed by atoms with Crippen molar-refractivity contribution in [1.29, 1.82) is 0 Å². The van der Waals surface area contributed by atoms with Crippen molar-refractivity contribution in [3.63, 3.8) is 0 Å². The number of anilines is 3. The molecule has 3 unspecified atom stereocenters. The summed E-state index contributed by atoms with van der Waals surface area (Å²) in [5.41, 5.74) is 15.1. The lowest BCUT2D eigenvalue weighted by Gasteiger charge is -2.33. The topological polar surface area (TPSA) is 3.24 Å². The molecule has 0 radical (unpaired) electrons. The van der Waals surface area contributed by atoms with Gasteiger partial charge in [-0.1, -0.05) is 124 Å². The fourth-order valence-electron chi connectivity index (χ4n) is 10.2. The van der Waals surface area contributed by atoms with E-state index < -0.39 is 0 Å². The molecule has 5 aromatic carbocycles. The number of hydrogen-bond donors (Lipinski definition) is 0. The first-order valence-electron chi connectivity index (χ1n) is 18.4. The van der Waals surface area contributed by atoms with Crippen LogP contribution in [0.5, 0.6) is 0 Å². The third-order valence-corrected chi connectivity index (χ3v) is 12.6. The van der Waals surface area contributed by atoms with Crippen LogP contribution >= 0.6 is 0 Å². The highest BCUT2D eigenvalue weighted by Crippen LogP contribution is 2.55. The molecule has 2 bridgehead atoms. The fraction of sp³-hybridized carbons (Fsp3) is 0.348. The Bertz CT molecular complexity index is 1910. The molecule has 1 nitrogen and oxygen atoms in total. The largest absolute Gasteiger partial charge is 0.310 e. The van der Waals surface area contributed by atoms with Crippen LogP contribution in [0.2, 0.25) is 0 Å². The van der Waals surface area contributed by atoms with E-state index in [1.54, 1.807) is 5.56 Å². The zero-order valence-electron chi connectivity index (χ0n) is 28.1. The summed E-state index contributed by atoms with van der Waals surface area (Å²) in [7, 11) is 0. The Hall–Kier alpha value is -4.10. The van der Waals surface area contributed by atoms with Gasteiger partial charge in [0, 0.05) is 22.5 Å². The molecule has 0 aromatic heterocycles. The molecule has 0 spiro atoms. The van der Waals surface area contributed by atoms with E-state index in [2.05, 4.69) is 134 Å². The SMILES string of the molecule is CC1(C)c2cc(N(c3ccc(C4CC5CCC4C5)cc3)c3ccccc3C3CCCCC3)ccc2-c2c(-c3ccccc3)cccc21. The van der Waals surface area contributed by atoms with Crippen LogP contribution < -0.4 is 4.90 Å². The van der Waals surface area contributed by atoms with Crippen molar-refractivity contribution in [3.05, 3.63) is 138 Å². The molecule has 3 atom stereocenters. The molecular formula is C46H47N. The summed E-state index contributed by atoms with van der Waals surface area (Å²) in [6, 6.07) is 44.3. The van der Waals surface area contributed by atoms with Gasteiger partial charge in [0.05, 0.1) is 0 Å². The fourth-order valence-corrected chi connectivity index (χ4v) is 10.2. The quantitative estimate of drug-likeness (QED) is 0.184. The van der Waals surface area contributed by atoms with Crippen molar-refractivity contribution >= 4 is 17.1 Å². The van der Waals surface area contributed by atoms with Crippen molar-refractivity contribution in [2.75, 3.05) is 4.90 Å². The Morgan fingerprint density at radius 2 is 1.36 bits per heavy atom. The molecular weight excluding hydrogens is 567 g/mol. The monoisotopic (exact) mass is 613 g/mol. The predicted molar refractivity (Wildman–Crippen MR) is 198 cm³/mol. The third-order valence-electron chi connectivity index (χ3n) is 12.6. The van der Waals surface area contributed by atoms with E-state index in [0.29, 0.717) is 5.92 Å². The Labute approximate surface area is 281 Å². The summed E-state index contributed by atoms with van der Waals surface area (Å²) >= 11 is 0. The maximum absolute atomic E-state index is 2.59. The van der Waals surface area contributed by atoms with Crippen LogP contribution in [0.15, 0.2) is 115 Å². The lowest BCUT2D eigenvalue weighted by Crippen LogP contribution is -2.18. The molecule has 0 aliphatic heterocycles. The number of rotatable bonds is 6. The van der Waals surface area contributed by atoms with Crippen LogP contribution in [0.25, 0.3) is 22.3 Å². The summed E-state index contributed by atoms with van der Waals surface area (Å²) < 4.78 is 0. The molecule has 3 saturated carbocycles. The molecule has 1 heteroatoms. The van der Waals surface area contributed by atoms with E-state index in [1.807, 2.05) is 0 Å². The third kappa shape index (κ3) is 4.88. The Balaban J connectivity index is 1.18. The van der Waals surface area contributed by atoms with Gasteiger partial charge in [0.25, 0.3) is 0 Å². The maximum atomic E-state index is 2.59. The first kappa shape index (κ1) is 29.1. The smallest absolute Gasteiger partial charge is 0.0496 e. The van der Waals surface area contributed by atoms with Crippen molar-refractivity contribution < 1.29 is 0 Å². The maximum Gasteiger partial charge on any atom is 0.0496 e. The lowest BCUT2D eigenvalue weighted by molar-refractivity contribution is 0.420. The molecule has 3 fully saturated rings. The summed E-state index contributed by atoms with van der Waals surface area (Å²) in [4.78, 5) is 2.59. The summed E-state index contributed by atoms with van der Waals surface area (Å²) in [5.74, 6) is 3.24. The standard InChI is InChI=1S/C46H47N/c1-46(2)42-18-11-17-39(33-14-7-4-8-15-33)45(42)40-27-26-37(30-43(40)46)47(44-19-10-9-16-38(44)32-12-5-3-6-13-32)36-24-22-34(23-25-36)41-29-31-20-21-35(41)28-31/h4,7-11,14-19,22-27,30-32,35,41H,3,5-6,12-13,20-21,28-29H2,1-2H3. The average molecular weight is 614 g/mol. The second kappa shape index (κ2) is 11.6. The average Bonchev–Trinajstić information content (AvgIpc) is 3.83. The lowest BCUT2D eigenvalue weighted by atomic mass is 9.81. The second-order valence-corrected chi connectivity index (χ2v) is 15.6. The van der Waals surface area contributed by atoms with Crippen LogP contribution in [-0.4, -0.2) is 0 Å². The van der Waals surface area contributed by atoms with Gasteiger partial charge in [-0.2, -0.15) is 0 Å². The molecule has 4 aliphatic rings. The number of hydrogen-bond acceptors (Lipinski definition) is 1. The van der Waals surface area contributed by atoms with Gasteiger partial charge in [-0.3, -0.25) is 0 Å². The van der Waals surface area contributed by atoms with Gasteiger partial charge in [0.1, 0.15) is 0 Å². The molecule has 9 rings (SSSR count). The molecule has 0 heterocycles. The highest BCUT2D eigenvalue weighted by molar-refractivity contribution is 5.94. The molecule has 0 N–H and O–H groups in total. The minimum absolute atomic E-state index is 0.0916. The predicted octanol–water partition coefficient (Wildman–Crippen LogP) is 13.1. The first-order chi connectivity index (χ1) is 23.1. The summed E-state index contributed by atoms with van der Waals surface area (Å²) in [6.07, 6.45) is 12.4. The van der Waals surface area contributed by atoms with E-state index in [0.717, 1.165) is 17.8 Å². The number of para-hydroxylation sites is 1. The van der Waals surface area contributed by atoms with Crippen molar-refractivity contribution in [2.24, 2.45) is 11.8 Å². The van der Waals surface area contributed by atoms with Crippen molar-refractivity contribution in [3.8, 4) is 22.3 Å². The van der Waals surface area contributed by atoms with Crippen LogP contribution in [0.1, 0.15) is 106 Å². The second-order valence-electron chi connectivity index (χ2n) is 15.6. The van der Waals surface area contributed by atoms with Gasteiger partial charge in [-0.25, -0.2) is 0 Å². The number of fused-ring (bicyclic) bond motifs is 5. The van der Waals surface area contributed by atoms with Crippen LogP contribution in [-0.2, 0) is 5.41 Å². The highest BCUT2D eigenvalue weighted by Gasteiger charge is 2.40. The molecule has 0 amide bonds. The van der Waals surface area contributed by atoms with Gasteiger partial charge in [0.15, 0.2) is 0 Å². The summed E-state index contributed by atoms with van der Waals surface area (Å²) in [5, 5.41) is 0. The van der Waals surface area contributed by atoms with E-state index in [1.165, 1.54) is 114 Å². The molecule has 4 aliphatic carbocycles. The van der Waals surface area contributed by atoms with Crippen LogP contribution in [0.3, 0.4) is 0 Å². The van der Waals surface area contributed by atoms with E-state index >= 15 is 0 Å². The van der Waals surface area contributed by atoms with E-state index in [4.69, 9.17) is 0 Å². The minimum atomic E-state index is -0.0916. The normalized spacial score (nSPS) is 22.6. The zero-order chi connectivity index (χ0) is 31.5.